The van der Waals surface area contributed by atoms with Crippen molar-refractivity contribution in [3.8, 4) is 0 Å². The summed E-state index contributed by atoms with van der Waals surface area (Å²) in [4.78, 5) is 12.4. The molecule has 78 valence electrons. The first-order chi connectivity index (χ1) is 6.77. The number of hydrogen-bond donors (Lipinski definition) is 2. The summed E-state index contributed by atoms with van der Waals surface area (Å²) in [6.45, 7) is 3.16. The highest BCUT2D eigenvalue weighted by Gasteiger charge is 2.04. The highest BCUT2D eigenvalue weighted by molar-refractivity contribution is 7.10. The van der Waals surface area contributed by atoms with Gasteiger partial charge in [-0.2, -0.15) is 0 Å². The van der Waals surface area contributed by atoms with Crippen LogP contribution in [0.3, 0.4) is 0 Å². The van der Waals surface area contributed by atoms with E-state index in [1.54, 1.807) is 18.4 Å². The summed E-state index contributed by atoms with van der Waals surface area (Å²) in [5, 5.41) is 7.76. The normalized spacial score (nSPS) is 10.1. The second kappa shape index (κ2) is 5.78. The number of carbonyl (C=O) groups excluding carboxylic acids is 1. The van der Waals surface area contributed by atoms with Crippen molar-refractivity contribution in [2.24, 2.45) is 0 Å². The van der Waals surface area contributed by atoms with Crippen LogP contribution in [0.1, 0.15) is 17.4 Å². The number of rotatable bonds is 5. The van der Waals surface area contributed by atoms with Crippen molar-refractivity contribution in [3.05, 3.63) is 21.9 Å². The Morgan fingerprint density at radius 1 is 1.57 bits per heavy atom. The Kier molecular flexibility index (Phi) is 4.62. The Bertz CT molecular complexity index is 296. The van der Waals surface area contributed by atoms with Gasteiger partial charge in [0, 0.05) is 4.88 Å². The molecule has 0 saturated carbocycles. The Labute approximate surface area is 88.5 Å². The molecule has 14 heavy (non-hydrogen) atoms. The molecule has 2 N–H and O–H groups in total. The average molecular weight is 212 g/mol. The summed E-state index contributed by atoms with van der Waals surface area (Å²) in [5.41, 5.74) is 1.33. The predicted molar refractivity (Wildman–Crippen MR) is 59.5 cm³/mol. The van der Waals surface area contributed by atoms with E-state index in [1.807, 2.05) is 0 Å². The Morgan fingerprint density at radius 2 is 2.36 bits per heavy atom. The summed E-state index contributed by atoms with van der Waals surface area (Å²) in [7, 11) is 1.77. The van der Waals surface area contributed by atoms with Gasteiger partial charge in [-0.05, 0) is 30.5 Å². The quantitative estimate of drug-likeness (QED) is 0.768. The van der Waals surface area contributed by atoms with Crippen LogP contribution in [0.4, 0.5) is 0 Å². The summed E-state index contributed by atoms with van der Waals surface area (Å²) in [5.74, 6) is 0.0444. The van der Waals surface area contributed by atoms with Gasteiger partial charge in [-0.15, -0.1) is 11.3 Å². The molecule has 1 aromatic heterocycles. The van der Waals surface area contributed by atoms with E-state index in [-0.39, 0.29) is 5.91 Å². The van der Waals surface area contributed by atoms with Crippen molar-refractivity contribution >= 4 is 17.2 Å². The first kappa shape index (κ1) is 11.2. The van der Waals surface area contributed by atoms with Gasteiger partial charge in [-0.25, -0.2) is 0 Å². The van der Waals surface area contributed by atoms with Gasteiger partial charge in [0.1, 0.15) is 0 Å². The minimum absolute atomic E-state index is 0.0444. The van der Waals surface area contributed by atoms with Gasteiger partial charge in [-0.3, -0.25) is 4.79 Å². The van der Waals surface area contributed by atoms with E-state index in [2.05, 4.69) is 29.0 Å². The van der Waals surface area contributed by atoms with Crippen LogP contribution in [0.15, 0.2) is 11.4 Å². The van der Waals surface area contributed by atoms with Crippen LogP contribution in [0.25, 0.3) is 0 Å². The fourth-order valence-electron chi connectivity index (χ4n) is 1.24. The molecule has 1 heterocycles. The first-order valence-electron chi connectivity index (χ1n) is 4.74. The van der Waals surface area contributed by atoms with E-state index >= 15 is 0 Å². The smallest absolute Gasteiger partial charge is 0.234 e. The summed E-state index contributed by atoms with van der Waals surface area (Å²) in [6.07, 6.45) is 1.03. The van der Waals surface area contributed by atoms with E-state index < -0.39 is 0 Å². The molecular formula is C10H16N2OS. The minimum atomic E-state index is 0.0444. The van der Waals surface area contributed by atoms with Crippen LogP contribution in [0, 0.1) is 0 Å². The molecule has 1 amide bonds. The fourth-order valence-corrected chi connectivity index (χ4v) is 2.15. The monoisotopic (exact) mass is 212 g/mol. The van der Waals surface area contributed by atoms with Gasteiger partial charge in [0.2, 0.25) is 5.91 Å². The molecule has 1 aromatic rings. The summed E-state index contributed by atoms with van der Waals surface area (Å²) >= 11 is 1.70. The number of carbonyl (C=O) groups is 1. The first-order valence-corrected chi connectivity index (χ1v) is 5.62. The van der Waals surface area contributed by atoms with Crippen molar-refractivity contribution in [2.45, 2.75) is 19.9 Å². The number of hydrogen-bond acceptors (Lipinski definition) is 3. The van der Waals surface area contributed by atoms with Crippen LogP contribution in [-0.4, -0.2) is 19.5 Å². The lowest BCUT2D eigenvalue weighted by atomic mass is 10.2. The summed E-state index contributed by atoms with van der Waals surface area (Å²) in [6, 6.07) is 2.12. The third-order valence-electron chi connectivity index (χ3n) is 2.00. The van der Waals surface area contributed by atoms with Crippen molar-refractivity contribution in [2.75, 3.05) is 13.6 Å². The second-order valence-corrected chi connectivity index (χ2v) is 4.03. The highest BCUT2D eigenvalue weighted by atomic mass is 32.1. The summed E-state index contributed by atoms with van der Waals surface area (Å²) < 4.78 is 0. The lowest BCUT2D eigenvalue weighted by molar-refractivity contribution is -0.120. The van der Waals surface area contributed by atoms with E-state index in [0.717, 1.165) is 6.42 Å². The molecule has 0 bridgehead atoms. The minimum Gasteiger partial charge on any atom is -0.350 e. The third-order valence-corrected chi connectivity index (χ3v) is 2.97. The number of thiophene rings is 1. The molecule has 4 heteroatoms. The zero-order valence-electron chi connectivity index (χ0n) is 8.59. The molecular weight excluding hydrogens is 196 g/mol. The molecule has 1 rings (SSSR count). The van der Waals surface area contributed by atoms with Crippen LogP contribution in [0.2, 0.25) is 0 Å². The molecule has 3 nitrogen and oxygen atoms in total. The maximum absolute atomic E-state index is 11.2. The Morgan fingerprint density at radius 3 is 3.00 bits per heavy atom. The van der Waals surface area contributed by atoms with Crippen LogP contribution < -0.4 is 10.6 Å². The number of likely N-dealkylation sites (N-methyl/N-ethyl adjacent to an activating group) is 1. The molecule has 0 saturated heterocycles. The molecule has 0 unspecified atom stereocenters. The molecule has 0 aliphatic rings. The molecule has 0 fully saturated rings. The van der Waals surface area contributed by atoms with Crippen molar-refractivity contribution < 1.29 is 4.79 Å². The van der Waals surface area contributed by atoms with Crippen molar-refractivity contribution in [1.82, 2.24) is 10.6 Å². The van der Waals surface area contributed by atoms with Gasteiger partial charge >= 0.3 is 0 Å². The Balaban J connectivity index is 2.41. The fraction of sp³-hybridized carbons (Fsp3) is 0.500. The van der Waals surface area contributed by atoms with Crippen LogP contribution >= 0.6 is 11.3 Å². The van der Waals surface area contributed by atoms with Gasteiger partial charge in [0.15, 0.2) is 0 Å². The zero-order valence-corrected chi connectivity index (χ0v) is 9.41. The molecule has 0 atom stereocenters. The third kappa shape index (κ3) is 3.12. The predicted octanol–water partition coefficient (Wildman–Crippen LogP) is 1.15. The molecule has 0 spiro atoms. The Hall–Kier alpha value is -0.870. The molecule has 0 aromatic carbocycles. The van der Waals surface area contributed by atoms with E-state index in [4.69, 9.17) is 0 Å². The van der Waals surface area contributed by atoms with E-state index in [9.17, 15) is 4.79 Å². The van der Waals surface area contributed by atoms with Crippen LogP contribution in [-0.2, 0) is 17.8 Å². The van der Waals surface area contributed by atoms with Gasteiger partial charge in [0.05, 0.1) is 13.1 Å². The molecule has 0 radical (unpaired) electrons. The van der Waals surface area contributed by atoms with Gasteiger partial charge in [0.25, 0.3) is 0 Å². The van der Waals surface area contributed by atoms with E-state index in [0.29, 0.717) is 13.1 Å². The van der Waals surface area contributed by atoms with Gasteiger partial charge in [-0.1, -0.05) is 6.92 Å². The molecule has 0 aliphatic heterocycles. The average Bonchev–Trinajstić information content (AvgIpc) is 2.62. The maximum atomic E-state index is 11.2. The lowest BCUT2D eigenvalue weighted by Gasteiger charge is -2.04. The topological polar surface area (TPSA) is 41.1 Å². The second-order valence-electron chi connectivity index (χ2n) is 3.03. The van der Waals surface area contributed by atoms with Gasteiger partial charge < -0.3 is 10.6 Å². The zero-order chi connectivity index (χ0) is 10.4. The largest absolute Gasteiger partial charge is 0.350 e. The molecule has 0 aliphatic carbocycles. The number of nitrogens with one attached hydrogen (secondary N) is 2. The number of aryl methyl sites for hydroxylation is 1. The number of amides is 1. The maximum Gasteiger partial charge on any atom is 0.234 e. The van der Waals surface area contributed by atoms with E-state index in [1.165, 1.54) is 10.4 Å². The SMILES string of the molecule is CCc1ccsc1CNC(=O)CNC. The van der Waals surface area contributed by atoms with Crippen molar-refractivity contribution in [1.29, 1.82) is 0 Å². The standard InChI is InChI=1S/C10H16N2OS/c1-3-8-4-5-14-9(8)6-12-10(13)7-11-2/h4-5,11H,3,6-7H2,1-2H3,(H,12,13). The van der Waals surface area contributed by atoms with Crippen LogP contribution in [0.5, 0.6) is 0 Å². The lowest BCUT2D eigenvalue weighted by Crippen LogP contribution is -2.31. The van der Waals surface area contributed by atoms with Crippen molar-refractivity contribution in [3.63, 3.8) is 0 Å². The highest BCUT2D eigenvalue weighted by Crippen LogP contribution is 2.16.